The van der Waals surface area contributed by atoms with E-state index < -0.39 is 65.5 Å². The van der Waals surface area contributed by atoms with Gasteiger partial charge in [-0.05, 0) is 131 Å². The topological polar surface area (TPSA) is 315 Å². The Kier molecular flexibility index (Phi) is 16.2. The lowest BCUT2D eigenvalue weighted by Crippen LogP contribution is -2.54. The van der Waals surface area contributed by atoms with Crippen molar-refractivity contribution in [3.63, 3.8) is 0 Å². The number of phenolic OH excluding ortho intramolecular Hbond substituents is 1. The van der Waals surface area contributed by atoms with Gasteiger partial charge in [0.05, 0.1) is 40.4 Å². The highest BCUT2D eigenvalue weighted by atomic mass is 16.8. The molecule has 0 bridgehead atoms. The summed E-state index contributed by atoms with van der Waals surface area (Å²) in [6, 6.07) is 20.5. The first-order valence-electron chi connectivity index (χ1n) is 20.1. The van der Waals surface area contributed by atoms with E-state index in [0.717, 1.165) is 7.11 Å². The van der Waals surface area contributed by atoms with Crippen LogP contribution < -0.4 is 41.3 Å². The summed E-state index contributed by atoms with van der Waals surface area (Å²) in [4.78, 5) is 90.0. The molecule has 5 aromatic rings. The first-order valence-corrected chi connectivity index (χ1v) is 20.1. The number of ether oxygens (including phenoxy) is 3. The molecule has 0 saturated heterocycles. The van der Waals surface area contributed by atoms with Crippen LogP contribution in [0.5, 0.6) is 17.2 Å². The molecule has 350 valence electrons. The zero-order valence-corrected chi connectivity index (χ0v) is 36.4. The van der Waals surface area contributed by atoms with Crippen LogP contribution in [0.2, 0.25) is 0 Å². The molecule has 0 spiro atoms. The van der Waals surface area contributed by atoms with Crippen LogP contribution in [0.15, 0.2) is 103 Å². The lowest BCUT2D eigenvalue weighted by molar-refractivity contribution is -0.152. The lowest BCUT2D eigenvalue weighted by Gasteiger charge is -2.23. The summed E-state index contributed by atoms with van der Waals surface area (Å²) in [7, 11) is 1.03. The van der Waals surface area contributed by atoms with Gasteiger partial charge in [-0.3, -0.25) is 29.2 Å². The zero-order valence-electron chi connectivity index (χ0n) is 36.4. The Morgan fingerprint density at radius 3 is 1.61 bits per heavy atom. The number of carboxylic acids is 2. The molecular weight excluding hydrogens is 877 g/mol. The molecule has 2 atom stereocenters. The molecule has 0 aliphatic rings. The molecule has 5 rings (SSSR count). The summed E-state index contributed by atoms with van der Waals surface area (Å²) in [5.41, 5.74) is 0.264. The molecule has 0 unspecified atom stereocenters. The molecular formula is C46H45N6O15-. The predicted molar refractivity (Wildman–Crippen MR) is 242 cm³/mol. The van der Waals surface area contributed by atoms with E-state index in [1.807, 2.05) is 0 Å². The van der Waals surface area contributed by atoms with Gasteiger partial charge in [-0.1, -0.05) is 0 Å². The van der Waals surface area contributed by atoms with Crippen LogP contribution in [0.25, 0.3) is 0 Å². The Labute approximate surface area is 381 Å². The van der Waals surface area contributed by atoms with Crippen molar-refractivity contribution >= 4 is 69.9 Å². The van der Waals surface area contributed by atoms with Gasteiger partial charge in [0.15, 0.2) is 17.6 Å². The molecule has 21 nitrogen and oxygen atoms in total. The van der Waals surface area contributed by atoms with Gasteiger partial charge in [0, 0.05) is 35.2 Å². The highest BCUT2D eigenvalue weighted by Gasteiger charge is 2.36. The van der Waals surface area contributed by atoms with Crippen molar-refractivity contribution in [1.82, 2.24) is 5.32 Å². The molecule has 0 saturated carbocycles. The minimum Gasteiger partial charge on any atom is -0.733 e. The van der Waals surface area contributed by atoms with E-state index in [-0.39, 0.29) is 79.1 Å². The number of carbonyl (C=O) groups is 7. The molecule has 5 aromatic carbocycles. The number of aliphatic carboxylic acids is 1. The van der Waals surface area contributed by atoms with Gasteiger partial charge in [-0.25, -0.2) is 9.59 Å². The van der Waals surface area contributed by atoms with Gasteiger partial charge >= 0.3 is 11.9 Å². The third-order valence-electron chi connectivity index (χ3n) is 9.36. The van der Waals surface area contributed by atoms with Crippen LogP contribution in [0, 0.1) is 5.21 Å². The normalized spacial score (nSPS) is 11.7. The van der Waals surface area contributed by atoms with Crippen molar-refractivity contribution in [2.24, 2.45) is 0 Å². The summed E-state index contributed by atoms with van der Waals surface area (Å²) in [5, 5.41) is 62.9. The number of carboxylic acid groups (broad SMARTS) is 2. The third-order valence-corrected chi connectivity index (χ3v) is 9.36. The molecule has 0 aliphatic carbocycles. The number of nitrogens with zero attached hydrogens (tertiary/aromatic N) is 1. The van der Waals surface area contributed by atoms with Gasteiger partial charge in [0.2, 0.25) is 5.91 Å². The third kappa shape index (κ3) is 12.8. The molecule has 9 N–H and O–H groups in total. The van der Waals surface area contributed by atoms with Crippen LogP contribution >= 0.6 is 0 Å². The maximum absolute atomic E-state index is 13.5. The van der Waals surface area contributed by atoms with Crippen molar-refractivity contribution < 1.29 is 68.3 Å². The second kappa shape index (κ2) is 21.9. The summed E-state index contributed by atoms with van der Waals surface area (Å²) in [6.45, 7) is 6.74. The fourth-order valence-electron chi connectivity index (χ4n) is 6.16. The number of aromatic hydroxyl groups is 1. The molecule has 0 fully saturated rings. The van der Waals surface area contributed by atoms with E-state index in [4.69, 9.17) is 19.4 Å². The lowest BCUT2D eigenvalue weighted by atomic mass is 10.1. The number of rotatable bonds is 19. The fourth-order valence-corrected chi connectivity index (χ4v) is 6.16. The maximum atomic E-state index is 13.5. The second-order valence-electron chi connectivity index (χ2n) is 15.0. The summed E-state index contributed by atoms with van der Waals surface area (Å²) in [5.74, 6) is -7.47. The number of nitrogens with one attached hydrogen (secondary N) is 5. The molecule has 0 radical (unpaired) electrons. The maximum Gasteiger partial charge on any atom is 0.335 e. The van der Waals surface area contributed by atoms with Crippen LogP contribution in [0.1, 0.15) is 79.5 Å². The van der Waals surface area contributed by atoms with Crippen LogP contribution in [-0.4, -0.2) is 93.5 Å². The molecule has 0 aromatic heterocycles. The van der Waals surface area contributed by atoms with E-state index in [1.54, 1.807) is 27.7 Å². The molecule has 67 heavy (non-hydrogen) atoms. The number of hydrogen-bond donors (Lipinski definition) is 9. The smallest absolute Gasteiger partial charge is 0.335 e. The first kappa shape index (κ1) is 49.5. The number of benzene rings is 5. The Morgan fingerprint density at radius 1 is 0.597 bits per heavy atom. The van der Waals surface area contributed by atoms with Crippen LogP contribution in [-0.2, 0) is 14.3 Å². The molecule has 5 amide bonds. The zero-order chi connectivity index (χ0) is 49.1. The Morgan fingerprint density at radius 2 is 1.09 bits per heavy atom. The summed E-state index contributed by atoms with van der Waals surface area (Å²) < 4.78 is 16.5. The second-order valence-corrected chi connectivity index (χ2v) is 15.0. The van der Waals surface area contributed by atoms with E-state index in [2.05, 4.69) is 26.6 Å². The Balaban J connectivity index is 1.27. The van der Waals surface area contributed by atoms with E-state index in [0.29, 0.717) is 0 Å². The van der Waals surface area contributed by atoms with E-state index in [1.165, 1.54) is 103 Å². The Bertz CT molecular complexity index is 2650. The number of phenols is 1. The van der Waals surface area contributed by atoms with Crippen LogP contribution in [0.3, 0.4) is 0 Å². The van der Waals surface area contributed by atoms with E-state index in [9.17, 15) is 54.1 Å². The highest BCUT2D eigenvalue weighted by Crippen LogP contribution is 2.39. The van der Waals surface area contributed by atoms with Gasteiger partial charge in [-0.2, -0.15) is 0 Å². The van der Waals surface area contributed by atoms with Crippen molar-refractivity contribution in [1.29, 1.82) is 0 Å². The monoisotopic (exact) mass is 921 g/mol. The number of anilines is 5. The largest absolute Gasteiger partial charge is 0.733 e. The number of aromatic carboxylic acids is 1. The highest BCUT2D eigenvalue weighted by molar-refractivity contribution is 6.10. The minimum atomic E-state index is -1.85. The molecule has 21 heteroatoms. The number of carbonyl (C=O) groups excluding carboxylic acids is 5. The number of methoxy groups -OCH3 is 1. The van der Waals surface area contributed by atoms with Crippen molar-refractivity contribution in [3.05, 3.63) is 136 Å². The summed E-state index contributed by atoms with van der Waals surface area (Å²) in [6.07, 6.45) is -2.76. The quantitative estimate of drug-likeness (QED) is 0.0432. The van der Waals surface area contributed by atoms with Gasteiger partial charge in [0.25, 0.3) is 23.6 Å². The van der Waals surface area contributed by atoms with Gasteiger partial charge in [-0.15, -0.1) is 0 Å². The molecule has 0 heterocycles. The number of hydrogen-bond acceptors (Lipinski definition) is 14. The predicted octanol–water partition coefficient (Wildman–Crippen LogP) is 5.95. The van der Waals surface area contributed by atoms with Crippen LogP contribution in [0.4, 0.5) is 28.4 Å². The molecule has 0 aliphatic heterocycles. The average molecular weight is 922 g/mol. The van der Waals surface area contributed by atoms with Gasteiger partial charge < -0.3 is 66.5 Å². The van der Waals surface area contributed by atoms with Gasteiger partial charge in [0.1, 0.15) is 11.8 Å². The van der Waals surface area contributed by atoms with E-state index >= 15 is 0 Å². The van der Waals surface area contributed by atoms with Crippen molar-refractivity contribution in [3.8, 4) is 17.2 Å². The summed E-state index contributed by atoms with van der Waals surface area (Å²) >= 11 is 0. The average Bonchev–Trinajstić information content (AvgIpc) is 3.28. The SMILES string of the molecule is CO[C@@H](C(=O)O)[C@H](NC(=O)c1ccc(NC(=O)c2ccc(N([O-])O)cc2)cc1)C(=O)Nc1ccc(C(=O)Nc2ccc(C(=O)Nc3ccc(C(=O)O)cc3OC(C)C)c(O)c2OC(C)C)cc1. The first-order chi connectivity index (χ1) is 31.8. The standard InChI is InChI=1S/C46H45N6O15/c1-23(2)66-35-22-28(45(59)60)12-20-33(35)49-43(57)32-19-21-34(38(37(32)53)67-24(3)4)50-41(55)25-6-15-30(16-7-25)48-44(58)36(39(65-5)46(61)62)51-42(56)26-8-13-29(14-9-26)47-40(54)27-10-17-31(18-11-27)52(63)64/h6-24,36,39,53,63H,1-5H3,(H,47,54)(H,48,58)(H,49,57)(H,50,55)(H,51,56)(H,59,60)(H,61,62)/q-1/t36-,39+/m0/s1. The van der Waals surface area contributed by atoms with Crippen molar-refractivity contribution in [2.75, 3.05) is 33.6 Å². The Hall–Kier alpha value is -8.53. The number of amides is 5. The fraction of sp³-hybridized carbons (Fsp3) is 0.196. The minimum absolute atomic E-state index is 0.0128. The van der Waals surface area contributed by atoms with Crippen molar-refractivity contribution in [2.45, 2.75) is 52.0 Å².